The van der Waals surface area contributed by atoms with E-state index in [-0.39, 0.29) is 0 Å². The maximum absolute atomic E-state index is 12.2. The average Bonchev–Trinajstić information content (AvgIpc) is 2.13. The summed E-state index contributed by atoms with van der Waals surface area (Å²) in [5.41, 5.74) is 0. The lowest BCUT2D eigenvalue weighted by molar-refractivity contribution is 0.521. The van der Waals surface area contributed by atoms with Crippen molar-refractivity contribution in [3.63, 3.8) is 0 Å². The molecule has 0 aliphatic carbocycles. The fraction of sp³-hybridized carbons (Fsp3) is 0.200. The van der Waals surface area contributed by atoms with Crippen molar-refractivity contribution in [2.45, 2.75) is 6.54 Å². The topological polar surface area (TPSA) is 30.7 Å². The minimum atomic E-state index is -0.728. The molecule has 0 aliphatic rings. The van der Waals surface area contributed by atoms with E-state index in [4.69, 9.17) is 0 Å². The lowest BCUT2D eigenvalue weighted by Crippen LogP contribution is -1.97. The van der Waals surface area contributed by atoms with Crippen molar-refractivity contribution >= 4 is 15.9 Å². The van der Waals surface area contributed by atoms with Crippen molar-refractivity contribution in [1.82, 2.24) is 14.8 Å². The molecule has 1 rings (SSSR count). The molecule has 0 aromatic carbocycles. The monoisotopic (exact) mass is 205 g/mol. The summed E-state index contributed by atoms with van der Waals surface area (Å²) < 4.78 is 13.9. The van der Waals surface area contributed by atoms with Gasteiger partial charge in [-0.1, -0.05) is 6.08 Å². The van der Waals surface area contributed by atoms with Gasteiger partial charge in [0.15, 0.2) is 4.73 Å². The zero-order valence-electron chi connectivity index (χ0n) is 5.09. The Hall–Kier alpha value is -0.710. The van der Waals surface area contributed by atoms with E-state index in [0.29, 0.717) is 11.3 Å². The molecule has 0 saturated heterocycles. The van der Waals surface area contributed by atoms with Gasteiger partial charge in [0.05, 0.1) is 6.54 Å². The lowest BCUT2D eigenvalue weighted by atomic mass is 10.6. The first-order valence-corrected chi connectivity index (χ1v) is 3.40. The molecule has 5 heteroatoms. The summed E-state index contributed by atoms with van der Waals surface area (Å²) in [4.78, 5) is 3.38. The van der Waals surface area contributed by atoms with Crippen molar-refractivity contribution in [1.29, 1.82) is 0 Å². The van der Waals surface area contributed by atoms with Crippen LogP contribution in [0.25, 0.3) is 0 Å². The molecule has 1 aromatic rings. The summed E-state index contributed by atoms with van der Waals surface area (Å²) in [7, 11) is 0. The van der Waals surface area contributed by atoms with Crippen molar-refractivity contribution in [3.05, 3.63) is 23.5 Å². The van der Waals surface area contributed by atoms with Crippen LogP contribution in [0.2, 0.25) is 0 Å². The average molecular weight is 206 g/mol. The standard InChI is InChI=1S/C5H5BrFN3/c1-2-3-10-4(6)8-5(7)9-10/h2H,1,3H2. The van der Waals surface area contributed by atoms with Crippen LogP contribution in [0.4, 0.5) is 4.39 Å². The summed E-state index contributed by atoms with van der Waals surface area (Å²) in [6.07, 6.45) is 0.882. The van der Waals surface area contributed by atoms with E-state index in [1.807, 2.05) is 0 Å². The highest BCUT2D eigenvalue weighted by Gasteiger charge is 2.02. The van der Waals surface area contributed by atoms with Gasteiger partial charge in [0.25, 0.3) is 0 Å². The fourth-order valence-electron chi connectivity index (χ4n) is 0.536. The first kappa shape index (κ1) is 7.40. The number of hydrogen-bond acceptors (Lipinski definition) is 2. The SMILES string of the molecule is C=CCn1nc(F)nc1Br. The second-order valence-corrected chi connectivity index (χ2v) is 2.33. The second-order valence-electron chi connectivity index (χ2n) is 1.62. The molecule has 3 nitrogen and oxygen atoms in total. The number of allylic oxidation sites excluding steroid dienone is 1. The first-order valence-electron chi connectivity index (χ1n) is 2.61. The van der Waals surface area contributed by atoms with Crippen molar-refractivity contribution < 1.29 is 4.39 Å². The molecule has 0 saturated carbocycles. The van der Waals surface area contributed by atoms with Crippen LogP contribution >= 0.6 is 15.9 Å². The Kier molecular flexibility index (Phi) is 2.16. The van der Waals surface area contributed by atoms with Crippen molar-refractivity contribution in [2.24, 2.45) is 0 Å². The third-order valence-corrected chi connectivity index (χ3v) is 1.49. The van der Waals surface area contributed by atoms with Crippen molar-refractivity contribution in [2.75, 3.05) is 0 Å². The fourth-order valence-corrected chi connectivity index (χ4v) is 0.906. The van der Waals surface area contributed by atoms with Gasteiger partial charge in [-0.25, -0.2) is 4.68 Å². The quantitative estimate of drug-likeness (QED) is 0.684. The maximum Gasteiger partial charge on any atom is 0.328 e. The highest BCUT2D eigenvalue weighted by molar-refractivity contribution is 9.10. The molecule has 0 fully saturated rings. The van der Waals surface area contributed by atoms with Gasteiger partial charge in [-0.05, 0) is 15.9 Å². The van der Waals surface area contributed by atoms with Crippen LogP contribution in [0.3, 0.4) is 0 Å². The van der Waals surface area contributed by atoms with Gasteiger partial charge in [0.1, 0.15) is 0 Å². The molecular weight excluding hydrogens is 201 g/mol. The Morgan fingerprint density at radius 2 is 2.50 bits per heavy atom. The van der Waals surface area contributed by atoms with Gasteiger partial charge < -0.3 is 0 Å². The highest BCUT2D eigenvalue weighted by atomic mass is 79.9. The van der Waals surface area contributed by atoms with Crippen LogP contribution < -0.4 is 0 Å². The first-order chi connectivity index (χ1) is 4.74. The number of hydrogen-bond donors (Lipinski definition) is 0. The molecule has 0 radical (unpaired) electrons. The Labute approximate surface area is 65.7 Å². The van der Waals surface area contributed by atoms with Crippen LogP contribution in [-0.4, -0.2) is 14.8 Å². The van der Waals surface area contributed by atoms with E-state index in [1.165, 1.54) is 4.68 Å². The summed E-state index contributed by atoms with van der Waals surface area (Å²) in [6, 6.07) is 0. The molecular formula is C5H5BrFN3. The Morgan fingerprint density at radius 1 is 1.80 bits per heavy atom. The Morgan fingerprint density at radius 3 is 2.90 bits per heavy atom. The number of halogens is 2. The number of rotatable bonds is 2. The minimum Gasteiger partial charge on any atom is -0.234 e. The second kappa shape index (κ2) is 2.92. The van der Waals surface area contributed by atoms with E-state index in [2.05, 4.69) is 32.6 Å². The zero-order chi connectivity index (χ0) is 7.56. The molecule has 0 unspecified atom stereocenters. The normalized spacial score (nSPS) is 9.80. The third-order valence-electron chi connectivity index (χ3n) is 0.903. The molecule has 10 heavy (non-hydrogen) atoms. The molecule has 1 aromatic heterocycles. The van der Waals surface area contributed by atoms with Gasteiger partial charge in [0.2, 0.25) is 0 Å². The van der Waals surface area contributed by atoms with Gasteiger partial charge in [-0.15, -0.1) is 11.7 Å². The van der Waals surface area contributed by atoms with Gasteiger partial charge >= 0.3 is 6.08 Å². The van der Waals surface area contributed by atoms with Crippen LogP contribution in [0, 0.1) is 6.08 Å². The summed E-state index contributed by atoms with van der Waals surface area (Å²) in [6.45, 7) is 3.93. The molecule has 0 atom stereocenters. The molecule has 0 amide bonds. The Bertz CT molecular complexity index is 245. The van der Waals surface area contributed by atoms with E-state index >= 15 is 0 Å². The minimum absolute atomic E-state index is 0.380. The Balaban J connectivity index is 2.91. The molecule has 0 bridgehead atoms. The molecule has 0 aliphatic heterocycles. The maximum atomic E-state index is 12.2. The van der Waals surface area contributed by atoms with Crippen LogP contribution in [0.1, 0.15) is 0 Å². The molecule has 0 spiro atoms. The van der Waals surface area contributed by atoms with E-state index < -0.39 is 6.08 Å². The summed E-state index contributed by atoms with van der Waals surface area (Å²) in [5.74, 6) is 0. The van der Waals surface area contributed by atoms with Gasteiger partial charge in [0, 0.05) is 0 Å². The van der Waals surface area contributed by atoms with Crippen LogP contribution in [0.5, 0.6) is 0 Å². The molecule has 0 N–H and O–H groups in total. The third kappa shape index (κ3) is 1.41. The van der Waals surface area contributed by atoms with Gasteiger partial charge in [-0.2, -0.15) is 9.37 Å². The molecule has 1 heterocycles. The van der Waals surface area contributed by atoms with E-state index in [9.17, 15) is 4.39 Å². The predicted molar refractivity (Wildman–Crippen MR) is 37.9 cm³/mol. The van der Waals surface area contributed by atoms with E-state index in [0.717, 1.165) is 0 Å². The van der Waals surface area contributed by atoms with Crippen LogP contribution in [0.15, 0.2) is 17.4 Å². The number of aromatic nitrogens is 3. The predicted octanol–water partition coefficient (Wildman–Crippen LogP) is 1.37. The summed E-state index contributed by atoms with van der Waals surface area (Å²) >= 11 is 3.02. The van der Waals surface area contributed by atoms with Gasteiger partial charge in [-0.3, -0.25) is 0 Å². The zero-order valence-corrected chi connectivity index (χ0v) is 6.68. The van der Waals surface area contributed by atoms with E-state index in [1.54, 1.807) is 6.08 Å². The summed E-state index contributed by atoms with van der Waals surface area (Å²) in [5, 5.41) is 3.42. The van der Waals surface area contributed by atoms with Crippen molar-refractivity contribution in [3.8, 4) is 0 Å². The smallest absolute Gasteiger partial charge is 0.234 e. The largest absolute Gasteiger partial charge is 0.328 e. The molecule has 54 valence electrons. The lowest BCUT2D eigenvalue weighted by Gasteiger charge is -1.92. The highest BCUT2D eigenvalue weighted by Crippen LogP contribution is 2.05. The van der Waals surface area contributed by atoms with Crippen LogP contribution in [-0.2, 0) is 6.54 Å². The number of nitrogens with zero attached hydrogens (tertiary/aromatic N) is 3.